The minimum atomic E-state index is -0.687. The molecule has 162 valence electrons. The van der Waals surface area contributed by atoms with Crippen LogP contribution in [0, 0.1) is 0 Å². The number of allylic oxidation sites excluding steroid dienone is 1. The van der Waals surface area contributed by atoms with Gasteiger partial charge in [-0.05, 0) is 31.1 Å². The second-order valence-corrected chi connectivity index (χ2v) is 6.99. The Morgan fingerprint density at radius 2 is 2.10 bits per heavy atom. The number of fused-ring (bicyclic) bond motifs is 1. The smallest absolute Gasteiger partial charge is 0.286 e. The van der Waals surface area contributed by atoms with E-state index in [0.29, 0.717) is 55.6 Å². The molecule has 8 heteroatoms. The van der Waals surface area contributed by atoms with Crippen molar-refractivity contribution in [3.63, 3.8) is 0 Å². The molecule has 0 aliphatic carbocycles. The SMILES string of the molecule is COCCNC(=O)C1=CC(c2coc3ccccc3c2=O)CC(OCCCCO)O1. The molecule has 0 radical (unpaired) electrons. The summed E-state index contributed by atoms with van der Waals surface area (Å²) in [5.41, 5.74) is 0.818. The van der Waals surface area contributed by atoms with Crippen LogP contribution in [0.15, 0.2) is 51.6 Å². The summed E-state index contributed by atoms with van der Waals surface area (Å²) in [5.74, 6) is -0.696. The molecule has 0 saturated carbocycles. The Bertz CT molecular complexity index is 936. The van der Waals surface area contributed by atoms with Crippen molar-refractivity contribution in [3.05, 3.63) is 58.2 Å². The topological polar surface area (TPSA) is 107 Å². The Kier molecular flexibility index (Phi) is 8.01. The number of para-hydroxylation sites is 1. The van der Waals surface area contributed by atoms with Crippen molar-refractivity contribution in [2.45, 2.75) is 31.5 Å². The van der Waals surface area contributed by atoms with Gasteiger partial charge in [-0.25, -0.2) is 0 Å². The van der Waals surface area contributed by atoms with E-state index < -0.39 is 18.1 Å². The first kappa shape index (κ1) is 22.0. The molecule has 2 aromatic rings. The first-order chi connectivity index (χ1) is 14.6. The van der Waals surface area contributed by atoms with Gasteiger partial charge in [0, 0.05) is 38.2 Å². The highest BCUT2D eigenvalue weighted by Crippen LogP contribution is 2.31. The molecule has 8 nitrogen and oxygen atoms in total. The number of hydrogen-bond acceptors (Lipinski definition) is 7. The lowest BCUT2D eigenvalue weighted by atomic mass is 9.93. The second-order valence-electron chi connectivity index (χ2n) is 6.99. The van der Waals surface area contributed by atoms with Crippen LogP contribution in [-0.4, -0.2) is 50.8 Å². The maximum absolute atomic E-state index is 13.0. The molecule has 0 saturated heterocycles. The summed E-state index contributed by atoms with van der Waals surface area (Å²) < 4.78 is 22.1. The number of carbonyl (C=O) groups is 1. The molecule has 0 spiro atoms. The summed E-state index contributed by atoms with van der Waals surface area (Å²) in [4.78, 5) is 25.5. The summed E-state index contributed by atoms with van der Waals surface area (Å²) in [5, 5.41) is 12.1. The number of rotatable bonds is 10. The first-order valence-electron chi connectivity index (χ1n) is 10.0. The lowest BCUT2D eigenvalue weighted by Crippen LogP contribution is -2.35. The highest BCUT2D eigenvalue weighted by molar-refractivity contribution is 5.91. The molecule has 2 unspecified atom stereocenters. The molecule has 30 heavy (non-hydrogen) atoms. The van der Waals surface area contributed by atoms with E-state index in [9.17, 15) is 9.59 Å². The van der Waals surface area contributed by atoms with E-state index >= 15 is 0 Å². The number of unbranched alkanes of at least 4 members (excludes halogenated alkanes) is 1. The monoisotopic (exact) mass is 417 g/mol. The number of benzene rings is 1. The van der Waals surface area contributed by atoms with Crippen molar-refractivity contribution in [3.8, 4) is 0 Å². The predicted molar refractivity (Wildman–Crippen MR) is 110 cm³/mol. The average molecular weight is 417 g/mol. The van der Waals surface area contributed by atoms with Gasteiger partial charge < -0.3 is 29.1 Å². The quantitative estimate of drug-likeness (QED) is 0.570. The molecule has 2 heterocycles. The maximum Gasteiger partial charge on any atom is 0.286 e. The Morgan fingerprint density at radius 3 is 2.90 bits per heavy atom. The molecule has 1 aromatic carbocycles. The third-order valence-corrected chi connectivity index (χ3v) is 4.84. The normalized spacial score (nSPS) is 18.7. The standard InChI is InChI=1S/C22H27NO7/c1-27-11-8-23-22(26)19-12-15(13-20(30-19)28-10-5-4-9-24)17-14-29-18-7-3-2-6-16(18)21(17)25/h2-3,6-7,12,14-15,20,24H,4-5,8-11,13H2,1H3,(H,23,26). The molecule has 1 aliphatic rings. The number of aliphatic hydroxyl groups excluding tert-OH is 1. The van der Waals surface area contributed by atoms with Crippen molar-refractivity contribution in [2.24, 2.45) is 0 Å². The van der Waals surface area contributed by atoms with Gasteiger partial charge in [-0.15, -0.1) is 0 Å². The summed E-state index contributed by atoms with van der Waals surface area (Å²) in [6, 6.07) is 7.04. The molecular formula is C22H27NO7. The van der Waals surface area contributed by atoms with E-state index in [0.717, 1.165) is 0 Å². The van der Waals surface area contributed by atoms with Crippen LogP contribution in [0.3, 0.4) is 0 Å². The van der Waals surface area contributed by atoms with E-state index in [-0.39, 0.29) is 17.8 Å². The largest absolute Gasteiger partial charge is 0.464 e. The summed E-state index contributed by atoms with van der Waals surface area (Å²) >= 11 is 0. The summed E-state index contributed by atoms with van der Waals surface area (Å²) in [6.45, 7) is 1.17. The molecule has 3 rings (SSSR count). The van der Waals surface area contributed by atoms with Crippen LogP contribution < -0.4 is 10.7 Å². The van der Waals surface area contributed by atoms with Gasteiger partial charge in [-0.3, -0.25) is 9.59 Å². The van der Waals surface area contributed by atoms with Crippen LogP contribution in [0.25, 0.3) is 11.0 Å². The Balaban J connectivity index is 1.84. The van der Waals surface area contributed by atoms with Crippen molar-refractivity contribution in [1.82, 2.24) is 5.32 Å². The molecular weight excluding hydrogens is 390 g/mol. The van der Waals surface area contributed by atoms with Gasteiger partial charge in [-0.1, -0.05) is 12.1 Å². The molecule has 1 aliphatic heterocycles. The number of amides is 1. The van der Waals surface area contributed by atoms with E-state index in [1.807, 2.05) is 0 Å². The molecule has 2 atom stereocenters. The van der Waals surface area contributed by atoms with Crippen LogP contribution >= 0.6 is 0 Å². The van der Waals surface area contributed by atoms with E-state index in [4.69, 9.17) is 23.7 Å². The first-order valence-corrected chi connectivity index (χ1v) is 10.0. The predicted octanol–water partition coefficient (Wildman–Crippen LogP) is 2.06. The molecule has 1 aromatic heterocycles. The van der Waals surface area contributed by atoms with Crippen LogP contribution in [0.1, 0.15) is 30.7 Å². The average Bonchev–Trinajstić information content (AvgIpc) is 2.77. The van der Waals surface area contributed by atoms with E-state index in [1.165, 1.54) is 6.26 Å². The van der Waals surface area contributed by atoms with Gasteiger partial charge in [0.2, 0.25) is 6.29 Å². The molecule has 2 N–H and O–H groups in total. The van der Waals surface area contributed by atoms with Gasteiger partial charge in [-0.2, -0.15) is 0 Å². The highest BCUT2D eigenvalue weighted by atomic mass is 16.7. The number of carbonyl (C=O) groups excluding carboxylic acids is 1. The summed E-state index contributed by atoms with van der Waals surface area (Å²) in [7, 11) is 1.55. The molecule has 0 fully saturated rings. The van der Waals surface area contributed by atoms with Gasteiger partial charge in [0.1, 0.15) is 5.58 Å². The third kappa shape index (κ3) is 5.47. The van der Waals surface area contributed by atoms with Crippen molar-refractivity contribution < 1.29 is 28.5 Å². The number of hydrogen-bond donors (Lipinski definition) is 2. The lowest BCUT2D eigenvalue weighted by molar-refractivity contribution is -0.146. The van der Waals surface area contributed by atoms with Crippen LogP contribution in [0.5, 0.6) is 0 Å². The highest BCUT2D eigenvalue weighted by Gasteiger charge is 2.30. The second kappa shape index (κ2) is 10.9. The van der Waals surface area contributed by atoms with Gasteiger partial charge in [0.05, 0.1) is 24.9 Å². The van der Waals surface area contributed by atoms with Gasteiger partial charge in [0.15, 0.2) is 11.2 Å². The number of ether oxygens (including phenoxy) is 3. The lowest BCUT2D eigenvalue weighted by Gasteiger charge is -2.29. The van der Waals surface area contributed by atoms with Crippen molar-refractivity contribution in [1.29, 1.82) is 0 Å². The van der Waals surface area contributed by atoms with Gasteiger partial charge in [0.25, 0.3) is 5.91 Å². The Morgan fingerprint density at radius 1 is 1.27 bits per heavy atom. The minimum Gasteiger partial charge on any atom is -0.464 e. The Hall–Kier alpha value is -2.68. The Labute approximate surface area is 174 Å². The van der Waals surface area contributed by atoms with Crippen LogP contribution in [-0.2, 0) is 19.0 Å². The third-order valence-electron chi connectivity index (χ3n) is 4.84. The van der Waals surface area contributed by atoms with E-state index in [1.54, 1.807) is 37.5 Å². The summed E-state index contributed by atoms with van der Waals surface area (Å²) in [6.07, 6.45) is 4.05. The fourth-order valence-corrected chi connectivity index (χ4v) is 3.27. The zero-order valence-corrected chi connectivity index (χ0v) is 17.0. The van der Waals surface area contributed by atoms with Crippen molar-refractivity contribution in [2.75, 3.05) is 33.5 Å². The van der Waals surface area contributed by atoms with Gasteiger partial charge >= 0.3 is 0 Å². The fourth-order valence-electron chi connectivity index (χ4n) is 3.27. The fraction of sp³-hybridized carbons (Fsp3) is 0.455. The van der Waals surface area contributed by atoms with Crippen molar-refractivity contribution >= 4 is 16.9 Å². The van der Waals surface area contributed by atoms with Crippen LogP contribution in [0.4, 0.5) is 0 Å². The zero-order valence-electron chi connectivity index (χ0n) is 17.0. The number of aliphatic hydroxyl groups is 1. The minimum absolute atomic E-state index is 0.0860. The number of nitrogens with one attached hydrogen (secondary N) is 1. The maximum atomic E-state index is 13.0. The number of methoxy groups -OCH3 is 1. The molecule has 1 amide bonds. The molecule has 0 bridgehead atoms. The van der Waals surface area contributed by atoms with Crippen LogP contribution in [0.2, 0.25) is 0 Å². The van der Waals surface area contributed by atoms with E-state index in [2.05, 4.69) is 5.32 Å². The zero-order chi connectivity index (χ0) is 21.3.